The third kappa shape index (κ3) is 2.15. The molecule has 1 amide bonds. The lowest BCUT2D eigenvalue weighted by Crippen LogP contribution is -2.60. The molecule has 0 unspecified atom stereocenters. The summed E-state index contributed by atoms with van der Waals surface area (Å²) in [4.78, 5) is 15.7. The van der Waals surface area contributed by atoms with Crippen LogP contribution in [0.25, 0.3) is 5.65 Å². The number of amides is 1. The molecule has 0 spiro atoms. The fraction of sp³-hybridized carbons (Fsp3) is 0.462. The van der Waals surface area contributed by atoms with E-state index in [1.54, 1.807) is 12.1 Å². The largest absolute Gasteiger partial charge is 0.383 e. The van der Waals surface area contributed by atoms with Gasteiger partial charge in [0.2, 0.25) is 0 Å². The highest BCUT2D eigenvalue weighted by molar-refractivity contribution is 5.85. The third-order valence-corrected chi connectivity index (χ3v) is 3.85. The Morgan fingerprint density at radius 2 is 2.19 bits per heavy atom. The van der Waals surface area contributed by atoms with Crippen LogP contribution in [0.2, 0.25) is 0 Å². The highest BCUT2D eigenvalue weighted by Gasteiger charge is 2.61. The molecule has 2 N–H and O–H groups in total. The molecule has 0 radical (unpaired) electrons. The van der Waals surface area contributed by atoms with E-state index < -0.39 is 17.4 Å². The van der Waals surface area contributed by atoms with Gasteiger partial charge in [0.25, 0.3) is 5.91 Å². The van der Waals surface area contributed by atoms with Crippen molar-refractivity contribution in [1.82, 2.24) is 19.9 Å². The molecule has 0 bridgehead atoms. The minimum Gasteiger partial charge on any atom is -0.383 e. The van der Waals surface area contributed by atoms with Gasteiger partial charge in [0.1, 0.15) is 5.60 Å². The summed E-state index contributed by atoms with van der Waals surface area (Å²) in [6.07, 6.45) is 3.41. The predicted octanol–water partition coefficient (Wildman–Crippen LogP) is 0.896. The Hall–Kier alpha value is -2.09. The van der Waals surface area contributed by atoms with Gasteiger partial charge in [-0.25, -0.2) is 9.50 Å². The Kier molecular flexibility index (Phi) is 3.12. The Labute approximate surface area is 118 Å². The number of rotatable bonds is 4. The van der Waals surface area contributed by atoms with Crippen molar-refractivity contribution >= 4 is 11.6 Å². The summed E-state index contributed by atoms with van der Waals surface area (Å²) in [5.41, 5.74) is -1.13. The molecule has 1 saturated carbocycles. The van der Waals surface area contributed by atoms with E-state index in [4.69, 9.17) is 0 Å². The van der Waals surface area contributed by atoms with Crippen molar-refractivity contribution in [2.75, 3.05) is 0 Å². The molecular weight excluding hydrogens is 282 g/mol. The lowest BCUT2D eigenvalue weighted by atomic mass is 9.75. The molecule has 2 heterocycles. The van der Waals surface area contributed by atoms with Crippen LogP contribution < -0.4 is 5.32 Å². The summed E-state index contributed by atoms with van der Waals surface area (Å²) < 4.78 is 29.3. The van der Waals surface area contributed by atoms with Gasteiger partial charge in [-0.3, -0.25) is 4.79 Å². The van der Waals surface area contributed by atoms with Crippen molar-refractivity contribution < 1.29 is 18.7 Å². The first kappa shape index (κ1) is 13.9. The van der Waals surface area contributed by atoms with Gasteiger partial charge < -0.3 is 10.4 Å². The highest BCUT2D eigenvalue weighted by Crippen LogP contribution is 2.44. The zero-order chi connectivity index (χ0) is 15.1. The fourth-order valence-electron chi connectivity index (χ4n) is 2.34. The molecule has 21 heavy (non-hydrogen) atoms. The van der Waals surface area contributed by atoms with Crippen LogP contribution >= 0.6 is 0 Å². The quantitative estimate of drug-likeness (QED) is 0.878. The van der Waals surface area contributed by atoms with Gasteiger partial charge >= 0.3 is 5.92 Å². The van der Waals surface area contributed by atoms with Gasteiger partial charge in [-0.1, -0.05) is 0 Å². The number of aliphatic hydroxyl groups is 1. The van der Waals surface area contributed by atoms with Gasteiger partial charge in [-0.05, 0) is 25.3 Å². The van der Waals surface area contributed by atoms with E-state index in [-0.39, 0.29) is 19.4 Å². The predicted molar refractivity (Wildman–Crippen MR) is 68.6 cm³/mol. The van der Waals surface area contributed by atoms with Gasteiger partial charge in [0, 0.05) is 12.3 Å². The summed E-state index contributed by atoms with van der Waals surface area (Å²) in [5, 5.41) is 15.9. The number of carbonyl (C=O) groups is 1. The molecular formula is C13H14F2N4O2. The summed E-state index contributed by atoms with van der Waals surface area (Å²) in [7, 11) is 0. The van der Waals surface area contributed by atoms with Gasteiger partial charge in [0.15, 0.2) is 5.65 Å². The summed E-state index contributed by atoms with van der Waals surface area (Å²) in [5.74, 6) is -5.26. The topological polar surface area (TPSA) is 79.5 Å². The minimum atomic E-state index is -3.79. The number of fused-ring (bicyclic) bond motifs is 1. The van der Waals surface area contributed by atoms with Crippen molar-refractivity contribution in [3.63, 3.8) is 0 Å². The normalized spacial score (nSPS) is 17.5. The smallest absolute Gasteiger partial charge is 0.352 e. The number of hydrogen-bond donors (Lipinski definition) is 2. The molecule has 112 valence electrons. The third-order valence-electron chi connectivity index (χ3n) is 3.85. The monoisotopic (exact) mass is 296 g/mol. The van der Waals surface area contributed by atoms with Crippen LogP contribution in [0.4, 0.5) is 8.78 Å². The molecule has 0 atom stereocenters. The number of aromatic nitrogens is 3. The van der Waals surface area contributed by atoms with Gasteiger partial charge in [-0.2, -0.15) is 13.9 Å². The molecule has 0 saturated heterocycles. The van der Waals surface area contributed by atoms with Crippen LogP contribution in [0.1, 0.15) is 25.0 Å². The van der Waals surface area contributed by atoms with Crippen LogP contribution in [0, 0.1) is 0 Å². The lowest BCUT2D eigenvalue weighted by Gasteiger charge is -2.41. The van der Waals surface area contributed by atoms with Gasteiger partial charge in [-0.15, -0.1) is 0 Å². The number of nitrogens with one attached hydrogen (secondary N) is 1. The zero-order valence-electron chi connectivity index (χ0n) is 11.1. The molecule has 0 aromatic carbocycles. The standard InChI is InChI=1S/C13H14F2N4O2/c14-13(15,12(21)4-1-5-12)11(20)17-8-9-2-6-16-10-3-7-18-19(9)10/h2-3,6-7,21H,1,4-5,8H2,(H,17,20). The number of carbonyl (C=O) groups excluding carboxylic acids is 1. The van der Waals surface area contributed by atoms with Crippen molar-refractivity contribution in [1.29, 1.82) is 0 Å². The first-order chi connectivity index (χ1) is 9.94. The molecule has 2 aromatic rings. The molecule has 2 aromatic heterocycles. The summed E-state index contributed by atoms with van der Waals surface area (Å²) in [6, 6.07) is 3.24. The van der Waals surface area contributed by atoms with Crippen molar-refractivity contribution in [3.8, 4) is 0 Å². The van der Waals surface area contributed by atoms with Crippen molar-refractivity contribution in [2.45, 2.75) is 37.3 Å². The molecule has 8 heteroatoms. The van der Waals surface area contributed by atoms with E-state index in [9.17, 15) is 18.7 Å². The lowest BCUT2D eigenvalue weighted by molar-refractivity contribution is -0.216. The van der Waals surface area contributed by atoms with E-state index >= 15 is 0 Å². The van der Waals surface area contributed by atoms with Crippen LogP contribution in [0.5, 0.6) is 0 Å². The second-order valence-electron chi connectivity index (χ2n) is 5.18. The number of hydrogen-bond acceptors (Lipinski definition) is 4. The summed E-state index contributed by atoms with van der Waals surface area (Å²) >= 11 is 0. The van der Waals surface area contributed by atoms with E-state index in [1.165, 1.54) is 16.9 Å². The second-order valence-corrected chi connectivity index (χ2v) is 5.18. The van der Waals surface area contributed by atoms with Crippen LogP contribution in [-0.2, 0) is 11.3 Å². The maximum absolute atomic E-state index is 13.9. The highest BCUT2D eigenvalue weighted by atomic mass is 19.3. The van der Waals surface area contributed by atoms with E-state index in [1.807, 2.05) is 0 Å². The number of halogens is 2. The molecule has 6 nitrogen and oxygen atoms in total. The molecule has 3 rings (SSSR count). The maximum Gasteiger partial charge on any atom is 0.352 e. The van der Waals surface area contributed by atoms with E-state index in [0.717, 1.165) is 0 Å². The molecule has 1 aliphatic carbocycles. The van der Waals surface area contributed by atoms with Crippen LogP contribution in [0.15, 0.2) is 24.5 Å². The maximum atomic E-state index is 13.9. The van der Waals surface area contributed by atoms with Crippen LogP contribution in [-0.4, -0.2) is 37.1 Å². The van der Waals surface area contributed by atoms with E-state index in [2.05, 4.69) is 15.4 Å². The van der Waals surface area contributed by atoms with Gasteiger partial charge in [0.05, 0.1) is 18.4 Å². The first-order valence-corrected chi connectivity index (χ1v) is 6.60. The minimum absolute atomic E-state index is 0.0634. The number of nitrogens with zero attached hydrogens (tertiary/aromatic N) is 3. The SMILES string of the molecule is O=C(NCc1ccnc2ccnn12)C(F)(F)C1(O)CCC1. The Balaban J connectivity index is 1.73. The number of alkyl halides is 2. The Morgan fingerprint density at radius 1 is 1.43 bits per heavy atom. The zero-order valence-corrected chi connectivity index (χ0v) is 11.1. The van der Waals surface area contributed by atoms with Crippen LogP contribution in [0.3, 0.4) is 0 Å². The van der Waals surface area contributed by atoms with Crippen molar-refractivity contribution in [3.05, 3.63) is 30.2 Å². The molecule has 1 aliphatic rings. The molecule has 1 fully saturated rings. The van der Waals surface area contributed by atoms with Crippen molar-refractivity contribution in [2.24, 2.45) is 0 Å². The summed E-state index contributed by atoms with van der Waals surface area (Å²) in [6.45, 7) is -0.120. The molecule has 0 aliphatic heterocycles. The second kappa shape index (κ2) is 4.73. The Bertz CT molecular complexity index is 682. The Morgan fingerprint density at radius 3 is 2.86 bits per heavy atom. The fourth-order valence-corrected chi connectivity index (χ4v) is 2.34. The van der Waals surface area contributed by atoms with E-state index in [0.29, 0.717) is 17.8 Å². The average Bonchev–Trinajstić information content (AvgIpc) is 2.90. The first-order valence-electron chi connectivity index (χ1n) is 6.60. The average molecular weight is 296 g/mol.